The van der Waals surface area contributed by atoms with Gasteiger partial charge < -0.3 is 4.74 Å². The van der Waals surface area contributed by atoms with E-state index in [0.717, 1.165) is 23.7 Å². The molecule has 92 valence electrons. The Labute approximate surface area is 110 Å². The van der Waals surface area contributed by atoms with E-state index in [1.807, 2.05) is 12.1 Å². The molecule has 2 unspecified atom stereocenters. The second-order valence-electron chi connectivity index (χ2n) is 4.57. The molecule has 1 saturated carbocycles. The van der Waals surface area contributed by atoms with Crippen molar-refractivity contribution in [3.8, 4) is 0 Å². The van der Waals surface area contributed by atoms with Crippen molar-refractivity contribution in [2.75, 3.05) is 7.11 Å². The van der Waals surface area contributed by atoms with Crippen LogP contribution in [-0.4, -0.2) is 13.1 Å². The lowest BCUT2D eigenvalue weighted by molar-refractivity contribution is -0.147. The van der Waals surface area contributed by atoms with Gasteiger partial charge in [-0.1, -0.05) is 40.9 Å². The Morgan fingerprint density at radius 3 is 2.53 bits per heavy atom. The Morgan fingerprint density at radius 1 is 1.24 bits per heavy atom. The van der Waals surface area contributed by atoms with Crippen molar-refractivity contribution in [1.29, 1.82) is 0 Å². The fourth-order valence-electron chi connectivity index (χ4n) is 2.67. The summed E-state index contributed by atoms with van der Waals surface area (Å²) in [4.78, 5) is 11.8. The first-order valence-corrected chi connectivity index (χ1v) is 6.85. The van der Waals surface area contributed by atoms with Crippen LogP contribution in [0, 0.1) is 5.92 Å². The largest absolute Gasteiger partial charge is 0.469 e. The molecular formula is C14H17BrO2. The summed E-state index contributed by atoms with van der Waals surface area (Å²) in [6.07, 6.45) is 4.37. The molecule has 0 saturated heterocycles. The van der Waals surface area contributed by atoms with Gasteiger partial charge in [0.25, 0.3) is 0 Å². The van der Waals surface area contributed by atoms with Gasteiger partial charge in [0.15, 0.2) is 0 Å². The number of hydrogen-bond acceptors (Lipinski definition) is 2. The van der Waals surface area contributed by atoms with Crippen molar-refractivity contribution in [2.45, 2.75) is 31.6 Å². The molecule has 2 rings (SSSR count). The summed E-state index contributed by atoms with van der Waals surface area (Å²) >= 11 is 3.44. The van der Waals surface area contributed by atoms with Crippen LogP contribution in [0.5, 0.6) is 0 Å². The minimum Gasteiger partial charge on any atom is -0.469 e. The minimum absolute atomic E-state index is 0.0370. The van der Waals surface area contributed by atoms with Gasteiger partial charge >= 0.3 is 5.97 Å². The van der Waals surface area contributed by atoms with E-state index in [4.69, 9.17) is 4.74 Å². The molecule has 1 aliphatic rings. The molecule has 0 aromatic heterocycles. The molecule has 3 heteroatoms. The van der Waals surface area contributed by atoms with E-state index in [0.29, 0.717) is 5.92 Å². The van der Waals surface area contributed by atoms with E-state index in [2.05, 4.69) is 28.1 Å². The molecule has 1 aromatic rings. The van der Waals surface area contributed by atoms with E-state index >= 15 is 0 Å². The number of carbonyl (C=O) groups is 1. The molecule has 1 aromatic carbocycles. The summed E-state index contributed by atoms with van der Waals surface area (Å²) in [6.45, 7) is 0. The van der Waals surface area contributed by atoms with Crippen molar-refractivity contribution in [3.05, 3.63) is 34.3 Å². The third-order valence-corrected chi connectivity index (χ3v) is 4.10. The van der Waals surface area contributed by atoms with E-state index < -0.39 is 0 Å². The third-order valence-electron chi connectivity index (χ3n) is 3.57. The summed E-state index contributed by atoms with van der Waals surface area (Å²) in [5.41, 5.74) is 1.25. The molecule has 0 aliphatic heterocycles. The van der Waals surface area contributed by atoms with Crippen LogP contribution in [0.2, 0.25) is 0 Å². The monoisotopic (exact) mass is 296 g/mol. The van der Waals surface area contributed by atoms with Crippen molar-refractivity contribution in [3.63, 3.8) is 0 Å². The predicted molar refractivity (Wildman–Crippen MR) is 70.9 cm³/mol. The number of methoxy groups -OCH3 is 1. The fourth-order valence-corrected chi connectivity index (χ4v) is 2.94. The molecule has 0 heterocycles. The average molecular weight is 297 g/mol. The Balaban J connectivity index is 2.21. The van der Waals surface area contributed by atoms with Gasteiger partial charge in [-0.15, -0.1) is 0 Å². The third kappa shape index (κ3) is 2.89. The molecule has 2 nitrogen and oxygen atoms in total. The summed E-state index contributed by atoms with van der Waals surface area (Å²) in [5.74, 6) is 0.303. The summed E-state index contributed by atoms with van der Waals surface area (Å²) in [5, 5.41) is 0. The number of rotatable bonds is 2. The summed E-state index contributed by atoms with van der Waals surface area (Å²) in [7, 11) is 1.48. The molecule has 0 N–H and O–H groups in total. The lowest BCUT2D eigenvalue weighted by Gasteiger charge is -2.29. The highest BCUT2D eigenvalue weighted by Crippen LogP contribution is 2.38. The molecular weight excluding hydrogens is 280 g/mol. The number of carbonyl (C=O) groups excluding carboxylic acids is 1. The zero-order valence-corrected chi connectivity index (χ0v) is 11.6. The normalized spacial score (nSPS) is 24.4. The highest BCUT2D eigenvalue weighted by atomic mass is 79.9. The van der Waals surface area contributed by atoms with Crippen LogP contribution in [0.4, 0.5) is 0 Å². The molecule has 0 bridgehead atoms. The van der Waals surface area contributed by atoms with Crippen LogP contribution in [-0.2, 0) is 9.53 Å². The second-order valence-corrected chi connectivity index (χ2v) is 5.49. The molecule has 0 spiro atoms. The molecule has 0 amide bonds. The first-order valence-electron chi connectivity index (χ1n) is 6.05. The number of benzene rings is 1. The van der Waals surface area contributed by atoms with Crippen molar-refractivity contribution in [2.24, 2.45) is 5.92 Å². The number of halogens is 1. The van der Waals surface area contributed by atoms with Crippen LogP contribution in [0.1, 0.15) is 37.2 Å². The maximum Gasteiger partial charge on any atom is 0.309 e. The number of esters is 1. The average Bonchev–Trinajstić information content (AvgIpc) is 2.39. The van der Waals surface area contributed by atoms with Crippen molar-refractivity contribution >= 4 is 21.9 Å². The Kier molecular flexibility index (Phi) is 4.21. The Morgan fingerprint density at radius 2 is 1.88 bits per heavy atom. The van der Waals surface area contributed by atoms with Gasteiger partial charge in [-0.25, -0.2) is 0 Å². The van der Waals surface area contributed by atoms with Gasteiger partial charge in [0, 0.05) is 4.47 Å². The van der Waals surface area contributed by atoms with E-state index in [1.54, 1.807) is 0 Å². The van der Waals surface area contributed by atoms with E-state index in [1.165, 1.54) is 19.1 Å². The first kappa shape index (κ1) is 12.6. The van der Waals surface area contributed by atoms with Gasteiger partial charge in [0.2, 0.25) is 0 Å². The first-order chi connectivity index (χ1) is 8.22. The topological polar surface area (TPSA) is 26.3 Å². The maximum absolute atomic E-state index is 11.8. The lowest BCUT2D eigenvalue weighted by atomic mass is 9.75. The zero-order valence-electron chi connectivity index (χ0n) is 9.99. The van der Waals surface area contributed by atoms with Gasteiger partial charge in [0.1, 0.15) is 0 Å². The van der Waals surface area contributed by atoms with Gasteiger partial charge in [0.05, 0.1) is 13.0 Å². The highest BCUT2D eigenvalue weighted by molar-refractivity contribution is 9.10. The van der Waals surface area contributed by atoms with E-state index in [9.17, 15) is 4.79 Å². The number of hydrogen-bond donors (Lipinski definition) is 0. The smallest absolute Gasteiger partial charge is 0.309 e. The molecule has 2 atom stereocenters. The zero-order chi connectivity index (χ0) is 12.3. The van der Waals surface area contributed by atoms with Gasteiger partial charge in [-0.3, -0.25) is 4.79 Å². The predicted octanol–water partition coefficient (Wildman–Crippen LogP) is 3.90. The number of ether oxygens (including phenoxy) is 1. The quantitative estimate of drug-likeness (QED) is 0.774. The van der Waals surface area contributed by atoms with Crippen LogP contribution >= 0.6 is 15.9 Å². The van der Waals surface area contributed by atoms with Crippen molar-refractivity contribution in [1.82, 2.24) is 0 Å². The molecule has 1 fully saturated rings. The SMILES string of the molecule is COC(=O)C1CCCCC1c1ccc(Br)cc1. The van der Waals surface area contributed by atoms with Crippen LogP contribution in [0.25, 0.3) is 0 Å². The Hall–Kier alpha value is -0.830. The molecule has 1 aliphatic carbocycles. The van der Waals surface area contributed by atoms with Gasteiger partial charge in [-0.05, 0) is 36.5 Å². The van der Waals surface area contributed by atoms with Crippen LogP contribution in [0.3, 0.4) is 0 Å². The minimum atomic E-state index is -0.0578. The maximum atomic E-state index is 11.8. The second kappa shape index (κ2) is 5.67. The summed E-state index contributed by atoms with van der Waals surface area (Å²) in [6, 6.07) is 8.29. The van der Waals surface area contributed by atoms with Crippen LogP contribution in [0.15, 0.2) is 28.7 Å². The molecule has 17 heavy (non-hydrogen) atoms. The standard InChI is InChI=1S/C14H17BrO2/c1-17-14(16)13-5-3-2-4-12(13)10-6-8-11(15)9-7-10/h6-9,12-13H,2-5H2,1H3. The molecule has 0 radical (unpaired) electrons. The fraction of sp³-hybridized carbons (Fsp3) is 0.500. The highest BCUT2D eigenvalue weighted by Gasteiger charge is 2.32. The van der Waals surface area contributed by atoms with Crippen molar-refractivity contribution < 1.29 is 9.53 Å². The Bertz CT molecular complexity index is 386. The van der Waals surface area contributed by atoms with Gasteiger partial charge in [-0.2, -0.15) is 0 Å². The van der Waals surface area contributed by atoms with E-state index in [-0.39, 0.29) is 11.9 Å². The van der Waals surface area contributed by atoms with Crippen LogP contribution < -0.4 is 0 Å². The summed E-state index contributed by atoms with van der Waals surface area (Å²) < 4.78 is 5.99. The lowest BCUT2D eigenvalue weighted by Crippen LogP contribution is -2.26.